The van der Waals surface area contributed by atoms with Crippen molar-refractivity contribution < 1.29 is 9.53 Å². The van der Waals surface area contributed by atoms with Crippen LogP contribution in [-0.4, -0.2) is 67.8 Å². The number of amides is 1. The minimum absolute atomic E-state index is 0.213. The second-order valence-electron chi connectivity index (χ2n) is 7.96. The van der Waals surface area contributed by atoms with Crippen LogP contribution in [0.5, 0.6) is 0 Å². The molecule has 0 aromatic carbocycles. The lowest BCUT2D eigenvalue weighted by atomic mass is 10.1. The number of piperidine rings is 1. The third-order valence-corrected chi connectivity index (χ3v) is 5.78. The lowest BCUT2D eigenvalue weighted by molar-refractivity contribution is 0.0963. The number of carbonyl (C=O) groups excluding carboxylic acids is 1. The molecule has 3 rings (SSSR count). The van der Waals surface area contributed by atoms with E-state index < -0.39 is 0 Å². The Balaban J connectivity index is 1.42. The van der Waals surface area contributed by atoms with Crippen molar-refractivity contribution >= 4 is 17.9 Å². The highest BCUT2D eigenvalue weighted by molar-refractivity contribution is 5.80. The number of carbonyl (C=O) groups is 1. The van der Waals surface area contributed by atoms with Crippen LogP contribution in [0.2, 0.25) is 0 Å². The number of nitrogens with zero attached hydrogens (tertiary/aromatic N) is 4. The Kier molecular flexibility index (Phi) is 8.59. The van der Waals surface area contributed by atoms with Crippen LogP contribution in [0.3, 0.4) is 0 Å². The fraction of sp³-hybridized carbons (Fsp3) is 0.682. The molecule has 2 aliphatic rings. The SMILES string of the molecule is CCOC(=O)N1CCC(NC(=NC)NCc2ccc(N3CCCCCC3)nc2)CC1. The number of hydrogen-bond acceptors (Lipinski definition) is 5. The van der Waals surface area contributed by atoms with Gasteiger partial charge < -0.3 is 25.2 Å². The average Bonchev–Trinajstić information content (AvgIpc) is 3.07. The van der Waals surface area contributed by atoms with E-state index in [1.54, 1.807) is 11.9 Å². The quantitative estimate of drug-likeness (QED) is 0.567. The van der Waals surface area contributed by atoms with E-state index in [1.165, 1.54) is 25.7 Å². The molecule has 0 spiro atoms. The van der Waals surface area contributed by atoms with Crippen LogP contribution in [0.15, 0.2) is 23.3 Å². The smallest absolute Gasteiger partial charge is 0.409 e. The van der Waals surface area contributed by atoms with Gasteiger partial charge in [0.05, 0.1) is 6.61 Å². The molecule has 1 amide bonds. The standard InChI is InChI=1S/C22H36N6O2/c1-3-30-22(29)28-14-10-19(11-15-28)26-21(23-2)25-17-18-8-9-20(24-16-18)27-12-6-4-5-7-13-27/h8-9,16,19H,3-7,10-15,17H2,1-2H3,(H2,23,25,26). The first kappa shape index (κ1) is 22.2. The van der Waals surface area contributed by atoms with Crippen molar-refractivity contribution in [3.05, 3.63) is 23.9 Å². The Morgan fingerprint density at radius 1 is 1.17 bits per heavy atom. The van der Waals surface area contributed by atoms with E-state index in [9.17, 15) is 4.79 Å². The van der Waals surface area contributed by atoms with Gasteiger partial charge in [0.15, 0.2) is 5.96 Å². The third kappa shape index (κ3) is 6.50. The van der Waals surface area contributed by atoms with Gasteiger partial charge in [0.1, 0.15) is 5.82 Å². The van der Waals surface area contributed by atoms with E-state index in [1.807, 2.05) is 13.1 Å². The predicted octanol–water partition coefficient (Wildman–Crippen LogP) is 2.75. The van der Waals surface area contributed by atoms with E-state index in [2.05, 4.69) is 37.6 Å². The van der Waals surface area contributed by atoms with Crippen LogP contribution in [0.1, 0.15) is 51.0 Å². The first-order chi connectivity index (χ1) is 14.7. The molecule has 3 heterocycles. The second-order valence-corrected chi connectivity index (χ2v) is 7.96. The van der Waals surface area contributed by atoms with Crippen LogP contribution in [0.4, 0.5) is 10.6 Å². The molecule has 0 bridgehead atoms. The van der Waals surface area contributed by atoms with Crippen molar-refractivity contribution in [2.75, 3.05) is 44.7 Å². The third-order valence-electron chi connectivity index (χ3n) is 5.78. The maximum atomic E-state index is 11.8. The molecule has 2 saturated heterocycles. The zero-order valence-electron chi connectivity index (χ0n) is 18.4. The molecule has 2 N–H and O–H groups in total. The largest absolute Gasteiger partial charge is 0.450 e. The number of guanidine groups is 1. The monoisotopic (exact) mass is 416 g/mol. The highest BCUT2D eigenvalue weighted by Crippen LogP contribution is 2.17. The lowest BCUT2D eigenvalue weighted by Gasteiger charge is -2.32. The first-order valence-electron chi connectivity index (χ1n) is 11.3. The average molecular weight is 417 g/mol. The van der Waals surface area contributed by atoms with Crippen molar-refractivity contribution in [1.82, 2.24) is 20.5 Å². The molecule has 8 nitrogen and oxygen atoms in total. The Labute approximate surface area is 180 Å². The zero-order valence-corrected chi connectivity index (χ0v) is 18.4. The van der Waals surface area contributed by atoms with E-state index in [4.69, 9.17) is 4.74 Å². The number of pyridine rings is 1. The van der Waals surface area contributed by atoms with Gasteiger partial charge in [-0.25, -0.2) is 9.78 Å². The number of rotatable bonds is 5. The number of likely N-dealkylation sites (tertiary alicyclic amines) is 1. The highest BCUT2D eigenvalue weighted by Gasteiger charge is 2.24. The van der Waals surface area contributed by atoms with Gasteiger partial charge in [0, 0.05) is 52.0 Å². The van der Waals surface area contributed by atoms with E-state index >= 15 is 0 Å². The van der Waals surface area contributed by atoms with Crippen LogP contribution >= 0.6 is 0 Å². The molecule has 0 atom stereocenters. The van der Waals surface area contributed by atoms with Crippen molar-refractivity contribution in [3.8, 4) is 0 Å². The molecule has 0 radical (unpaired) electrons. The number of aromatic nitrogens is 1. The fourth-order valence-corrected chi connectivity index (χ4v) is 4.00. The Morgan fingerprint density at radius 3 is 2.50 bits per heavy atom. The molecule has 2 aliphatic heterocycles. The highest BCUT2D eigenvalue weighted by atomic mass is 16.6. The maximum absolute atomic E-state index is 11.8. The van der Waals surface area contributed by atoms with Crippen LogP contribution in [-0.2, 0) is 11.3 Å². The molecule has 0 saturated carbocycles. The Bertz CT molecular complexity index is 677. The van der Waals surface area contributed by atoms with Gasteiger partial charge in [-0.2, -0.15) is 0 Å². The van der Waals surface area contributed by atoms with Gasteiger partial charge in [0.25, 0.3) is 0 Å². The number of aliphatic imine (C=N–C) groups is 1. The zero-order chi connectivity index (χ0) is 21.2. The fourth-order valence-electron chi connectivity index (χ4n) is 4.00. The number of nitrogens with one attached hydrogen (secondary N) is 2. The van der Waals surface area contributed by atoms with Gasteiger partial charge in [-0.3, -0.25) is 4.99 Å². The molecule has 1 aromatic heterocycles. The van der Waals surface area contributed by atoms with Crippen LogP contribution in [0.25, 0.3) is 0 Å². The Hall–Kier alpha value is -2.51. The maximum Gasteiger partial charge on any atom is 0.409 e. The van der Waals surface area contributed by atoms with Gasteiger partial charge in [-0.05, 0) is 44.2 Å². The summed E-state index contributed by atoms with van der Waals surface area (Å²) in [6.45, 7) is 6.55. The summed E-state index contributed by atoms with van der Waals surface area (Å²) < 4.78 is 5.08. The van der Waals surface area contributed by atoms with Crippen LogP contribution in [0, 0.1) is 0 Å². The molecular formula is C22H36N6O2. The van der Waals surface area contributed by atoms with E-state index in [0.29, 0.717) is 32.3 Å². The molecule has 2 fully saturated rings. The summed E-state index contributed by atoms with van der Waals surface area (Å²) in [5, 5.41) is 6.85. The van der Waals surface area contributed by atoms with Crippen molar-refractivity contribution in [2.24, 2.45) is 4.99 Å². The molecule has 30 heavy (non-hydrogen) atoms. The first-order valence-corrected chi connectivity index (χ1v) is 11.3. The van der Waals surface area contributed by atoms with Crippen LogP contribution < -0.4 is 15.5 Å². The molecular weight excluding hydrogens is 380 g/mol. The normalized spacial score (nSPS) is 18.7. The number of anilines is 1. The molecule has 166 valence electrons. The van der Waals surface area contributed by atoms with Crippen molar-refractivity contribution in [3.63, 3.8) is 0 Å². The second kappa shape index (κ2) is 11.6. The minimum Gasteiger partial charge on any atom is -0.450 e. The molecule has 8 heteroatoms. The number of ether oxygens (including phenoxy) is 1. The minimum atomic E-state index is -0.213. The Morgan fingerprint density at radius 2 is 1.90 bits per heavy atom. The van der Waals surface area contributed by atoms with Crippen molar-refractivity contribution in [2.45, 2.75) is 58.0 Å². The molecule has 0 unspecified atom stereocenters. The predicted molar refractivity (Wildman–Crippen MR) is 120 cm³/mol. The van der Waals surface area contributed by atoms with Gasteiger partial charge in [-0.15, -0.1) is 0 Å². The molecule has 0 aliphatic carbocycles. The summed E-state index contributed by atoms with van der Waals surface area (Å²) in [6, 6.07) is 4.57. The van der Waals surface area contributed by atoms with Gasteiger partial charge in [-0.1, -0.05) is 18.9 Å². The van der Waals surface area contributed by atoms with E-state index in [0.717, 1.165) is 43.3 Å². The molecule has 1 aromatic rings. The summed E-state index contributed by atoms with van der Waals surface area (Å²) in [6.07, 6.45) is 8.67. The van der Waals surface area contributed by atoms with Gasteiger partial charge in [0.2, 0.25) is 0 Å². The van der Waals surface area contributed by atoms with Crippen molar-refractivity contribution in [1.29, 1.82) is 0 Å². The van der Waals surface area contributed by atoms with E-state index in [-0.39, 0.29) is 6.09 Å². The summed E-state index contributed by atoms with van der Waals surface area (Å²) in [5.41, 5.74) is 1.13. The lowest BCUT2D eigenvalue weighted by Crippen LogP contribution is -2.49. The summed E-state index contributed by atoms with van der Waals surface area (Å²) in [5.74, 6) is 1.86. The number of hydrogen-bond donors (Lipinski definition) is 2. The topological polar surface area (TPSA) is 82.1 Å². The summed E-state index contributed by atoms with van der Waals surface area (Å²) >= 11 is 0. The summed E-state index contributed by atoms with van der Waals surface area (Å²) in [4.78, 5) is 25.0. The summed E-state index contributed by atoms with van der Waals surface area (Å²) in [7, 11) is 1.78. The van der Waals surface area contributed by atoms with Gasteiger partial charge >= 0.3 is 6.09 Å².